The van der Waals surface area contributed by atoms with Crippen molar-refractivity contribution in [1.82, 2.24) is 10.2 Å². The fraction of sp³-hybridized carbons (Fsp3) is 1.00. The van der Waals surface area contributed by atoms with Crippen molar-refractivity contribution in [2.24, 2.45) is 17.8 Å². The van der Waals surface area contributed by atoms with Gasteiger partial charge in [0, 0.05) is 13.1 Å². The number of nitrogens with zero attached hydrogens (tertiary/aromatic N) is 1. The second-order valence-electron chi connectivity index (χ2n) is 5.54. The minimum absolute atomic E-state index is 0.913. The summed E-state index contributed by atoms with van der Waals surface area (Å²) in [5.41, 5.74) is 0. The van der Waals surface area contributed by atoms with E-state index in [1.807, 2.05) is 0 Å². The molecule has 0 radical (unpaired) electrons. The molecule has 0 amide bonds. The third-order valence-corrected chi connectivity index (χ3v) is 4.03. The van der Waals surface area contributed by atoms with Crippen molar-refractivity contribution in [1.29, 1.82) is 0 Å². The number of hydrogen-bond acceptors (Lipinski definition) is 2. The van der Waals surface area contributed by atoms with Gasteiger partial charge in [0.25, 0.3) is 0 Å². The van der Waals surface area contributed by atoms with Crippen molar-refractivity contribution in [2.45, 2.75) is 33.1 Å². The lowest BCUT2D eigenvalue weighted by atomic mass is 10.1. The van der Waals surface area contributed by atoms with Crippen LogP contribution < -0.4 is 5.32 Å². The molecule has 88 valence electrons. The quantitative estimate of drug-likeness (QED) is 0.721. The number of likely N-dealkylation sites (tertiary alicyclic amines) is 1. The summed E-state index contributed by atoms with van der Waals surface area (Å²) < 4.78 is 0. The summed E-state index contributed by atoms with van der Waals surface area (Å²) >= 11 is 0. The van der Waals surface area contributed by atoms with Crippen LogP contribution in [0.5, 0.6) is 0 Å². The Labute approximate surface area is 94.4 Å². The van der Waals surface area contributed by atoms with Gasteiger partial charge >= 0.3 is 0 Å². The highest BCUT2D eigenvalue weighted by atomic mass is 15.2. The zero-order valence-corrected chi connectivity index (χ0v) is 10.3. The second kappa shape index (κ2) is 5.31. The van der Waals surface area contributed by atoms with E-state index in [4.69, 9.17) is 0 Å². The van der Waals surface area contributed by atoms with Gasteiger partial charge in [-0.25, -0.2) is 0 Å². The molecule has 2 nitrogen and oxygen atoms in total. The fourth-order valence-electron chi connectivity index (χ4n) is 2.82. The van der Waals surface area contributed by atoms with Gasteiger partial charge in [0.2, 0.25) is 0 Å². The first-order valence-electron chi connectivity index (χ1n) is 6.72. The van der Waals surface area contributed by atoms with Crippen molar-refractivity contribution in [2.75, 3.05) is 32.7 Å². The van der Waals surface area contributed by atoms with Gasteiger partial charge in [0.1, 0.15) is 0 Å². The van der Waals surface area contributed by atoms with Crippen LogP contribution in [0.4, 0.5) is 0 Å². The van der Waals surface area contributed by atoms with Crippen molar-refractivity contribution >= 4 is 0 Å². The molecule has 1 aliphatic heterocycles. The first-order chi connectivity index (χ1) is 7.29. The van der Waals surface area contributed by atoms with Gasteiger partial charge < -0.3 is 10.2 Å². The van der Waals surface area contributed by atoms with Crippen LogP contribution in [-0.4, -0.2) is 37.6 Å². The third-order valence-electron chi connectivity index (χ3n) is 4.03. The van der Waals surface area contributed by atoms with Crippen LogP contribution in [0.2, 0.25) is 0 Å². The van der Waals surface area contributed by atoms with Crippen LogP contribution in [0.3, 0.4) is 0 Å². The molecule has 1 saturated heterocycles. The van der Waals surface area contributed by atoms with E-state index in [2.05, 4.69) is 24.1 Å². The SMILES string of the molecule is CCNCC1CCN(CC(C)C2CC2)C1. The van der Waals surface area contributed by atoms with E-state index in [-0.39, 0.29) is 0 Å². The highest BCUT2D eigenvalue weighted by Crippen LogP contribution is 2.37. The summed E-state index contributed by atoms with van der Waals surface area (Å²) in [5.74, 6) is 2.93. The van der Waals surface area contributed by atoms with E-state index < -0.39 is 0 Å². The normalized spacial score (nSPS) is 29.6. The van der Waals surface area contributed by atoms with E-state index in [0.29, 0.717) is 0 Å². The summed E-state index contributed by atoms with van der Waals surface area (Å²) in [6.07, 6.45) is 4.40. The van der Waals surface area contributed by atoms with Gasteiger partial charge in [-0.1, -0.05) is 13.8 Å². The maximum Gasteiger partial charge on any atom is 0.00224 e. The smallest absolute Gasteiger partial charge is 0.00224 e. The van der Waals surface area contributed by atoms with Crippen LogP contribution in [0.25, 0.3) is 0 Å². The average Bonchev–Trinajstić information content (AvgIpc) is 2.99. The molecule has 0 aromatic heterocycles. The molecular weight excluding hydrogens is 184 g/mol. The van der Waals surface area contributed by atoms with E-state index in [1.54, 1.807) is 0 Å². The Hall–Kier alpha value is -0.0800. The van der Waals surface area contributed by atoms with Gasteiger partial charge in [-0.05, 0) is 56.7 Å². The molecule has 0 bridgehead atoms. The Bertz CT molecular complexity index is 189. The summed E-state index contributed by atoms with van der Waals surface area (Å²) in [6, 6.07) is 0. The molecule has 15 heavy (non-hydrogen) atoms. The minimum Gasteiger partial charge on any atom is -0.317 e. The number of rotatable bonds is 6. The monoisotopic (exact) mass is 210 g/mol. The summed E-state index contributed by atoms with van der Waals surface area (Å²) in [7, 11) is 0. The molecule has 2 aliphatic rings. The topological polar surface area (TPSA) is 15.3 Å². The summed E-state index contributed by atoms with van der Waals surface area (Å²) in [4.78, 5) is 2.69. The molecule has 1 saturated carbocycles. The van der Waals surface area contributed by atoms with E-state index >= 15 is 0 Å². The van der Waals surface area contributed by atoms with Crippen LogP contribution in [0.15, 0.2) is 0 Å². The molecule has 1 heterocycles. The van der Waals surface area contributed by atoms with Crippen LogP contribution >= 0.6 is 0 Å². The zero-order chi connectivity index (χ0) is 10.7. The number of nitrogens with one attached hydrogen (secondary N) is 1. The summed E-state index contributed by atoms with van der Waals surface area (Å²) in [5, 5.41) is 3.47. The van der Waals surface area contributed by atoms with E-state index in [1.165, 1.54) is 45.4 Å². The maximum atomic E-state index is 3.47. The third kappa shape index (κ3) is 3.46. The highest BCUT2D eigenvalue weighted by Gasteiger charge is 2.31. The molecule has 1 N–H and O–H groups in total. The molecule has 0 aromatic rings. The van der Waals surface area contributed by atoms with Crippen LogP contribution in [0.1, 0.15) is 33.1 Å². The lowest BCUT2D eigenvalue weighted by molar-refractivity contribution is 0.262. The van der Waals surface area contributed by atoms with Crippen LogP contribution in [0, 0.1) is 17.8 Å². The molecular formula is C13H26N2. The molecule has 2 fully saturated rings. The first kappa shape index (κ1) is 11.4. The molecule has 0 spiro atoms. The molecule has 2 unspecified atom stereocenters. The lowest BCUT2D eigenvalue weighted by Gasteiger charge is -2.20. The van der Waals surface area contributed by atoms with Crippen molar-refractivity contribution in [3.05, 3.63) is 0 Å². The van der Waals surface area contributed by atoms with Gasteiger partial charge in [-0.2, -0.15) is 0 Å². The molecule has 2 atom stereocenters. The van der Waals surface area contributed by atoms with E-state index in [0.717, 1.165) is 24.3 Å². The fourth-order valence-corrected chi connectivity index (χ4v) is 2.82. The summed E-state index contributed by atoms with van der Waals surface area (Å²) in [6.45, 7) is 11.0. The standard InChI is InChI=1S/C13H26N2/c1-3-14-8-12-6-7-15(10-12)9-11(2)13-4-5-13/h11-14H,3-10H2,1-2H3. The Kier molecular flexibility index (Phi) is 4.04. The van der Waals surface area contributed by atoms with Gasteiger partial charge in [-0.3, -0.25) is 0 Å². The molecule has 0 aromatic carbocycles. The van der Waals surface area contributed by atoms with E-state index in [9.17, 15) is 0 Å². The highest BCUT2D eigenvalue weighted by molar-refractivity contribution is 4.84. The lowest BCUT2D eigenvalue weighted by Crippen LogP contribution is -2.29. The Morgan fingerprint density at radius 2 is 2.13 bits per heavy atom. The second-order valence-corrected chi connectivity index (χ2v) is 5.54. The average molecular weight is 210 g/mol. The molecule has 2 rings (SSSR count). The maximum absolute atomic E-state index is 3.47. The van der Waals surface area contributed by atoms with Crippen molar-refractivity contribution in [3.63, 3.8) is 0 Å². The minimum atomic E-state index is 0.913. The predicted octanol–water partition coefficient (Wildman–Crippen LogP) is 1.96. The number of hydrogen-bond donors (Lipinski definition) is 1. The van der Waals surface area contributed by atoms with Crippen molar-refractivity contribution < 1.29 is 0 Å². The first-order valence-corrected chi connectivity index (χ1v) is 6.72. The van der Waals surface area contributed by atoms with Gasteiger partial charge in [0.05, 0.1) is 0 Å². The van der Waals surface area contributed by atoms with Gasteiger partial charge in [-0.15, -0.1) is 0 Å². The molecule has 1 aliphatic carbocycles. The zero-order valence-electron chi connectivity index (χ0n) is 10.3. The predicted molar refractivity (Wildman–Crippen MR) is 65.0 cm³/mol. The largest absolute Gasteiger partial charge is 0.317 e. The Morgan fingerprint density at radius 3 is 2.80 bits per heavy atom. The van der Waals surface area contributed by atoms with Crippen molar-refractivity contribution in [3.8, 4) is 0 Å². The van der Waals surface area contributed by atoms with Crippen LogP contribution in [-0.2, 0) is 0 Å². The molecule has 2 heteroatoms. The Morgan fingerprint density at radius 1 is 1.33 bits per heavy atom. The Balaban J connectivity index is 1.63. The van der Waals surface area contributed by atoms with Gasteiger partial charge in [0.15, 0.2) is 0 Å².